The van der Waals surface area contributed by atoms with Crippen LogP contribution in [-0.2, 0) is 20.6 Å². The van der Waals surface area contributed by atoms with E-state index in [2.05, 4.69) is 10.3 Å². The van der Waals surface area contributed by atoms with Crippen LogP contribution in [0.1, 0.15) is 35.3 Å². The summed E-state index contributed by atoms with van der Waals surface area (Å²) in [5, 5.41) is 13.3. The Labute approximate surface area is 256 Å². The van der Waals surface area contributed by atoms with Crippen molar-refractivity contribution < 1.29 is 37.4 Å². The van der Waals surface area contributed by atoms with Gasteiger partial charge in [-0.05, 0) is 67.0 Å². The number of carbonyl (C=O) groups is 3. The Kier molecular flexibility index (Phi) is 6.66. The number of amides is 3. The summed E-state index contributed by atoms with van der Waals surface area (Å²) in [6.07, 6.45) is -3.96. The van der Waals surface area contributed by atoms with E-state index in [1.54, 1.807) is 12.1 Å². The van der Waals surface area contributed by atoms with Gasteiger partial charge in [0.25, 0.3) is 0 Å². The molecule has 2 bridgehead atoms. The summed E-state index contributed by atoms with van der Waals surface area (Å²) in [7, 11) is 1.45. The number of phenolic OH excluding ortho intramolecular Hbond substituents is 1. The van der Waals surface area contributed by atoms with Gasteiger partial charge in [0, 0.05) is 21.7 Å². The van der Waals surface area contributed by atoms with Gasteiger partial charge in [-0.15, -0.1) is 11.8 Å². The zero-order valence-electron chi connectivity index (χ0n) is 23.3. The summed E-state index contributed by atoms with van der Waals surface area (Å²) in [6, 6.07) is 7.98. The van der Waals surface area contributed by atoms with Gasteiger partial charge in [-0.3, -0.25) is 24.1 Å². The number of H-pyrrole nitrogens is 1. The molecule has 2 aromatic carbocycles. The maximum Gasteiger partial charge on any atom is 0.416 e. The Morgan fingerprint density at radius 1 is 1.11 bits per heavy atom. The third kappa shape index (κ3) is 4.28. The van der Waals surface area contributed by atoms with Crippen LogP contribution in [0.4, 0.5) is 18.9 Å². The number of nitrogens with one attached hydrogen (secondary N) is 2. The van der Waals surface area contributed by atoms with Crippen molar-refractivity contribution in [2.24, 2.45) is 29.6 Å². The average Bonchev–Trinajstić information content (AvgIpc) is 3.71. The van der Waals surface area contributed by atoms with Gasteiger partial charge >= 0.3 is 11.0 Å². The lowest BCUT2D eigenvalue weighted by atomic mass is 9.68. The monoisotopic (exact) mass is 645 g/mol. The number of nitrogens with zero attached hydrogens (tertiary/aromatic N) is 1. The summed E-state index contributed by atoms with van der Waals surface area (Å²) in [5.41, 5.74) is -0.207. The predicted molar refractivity (Wildman–Crippen MR) is 155 cm³/mol. The van der Waals surface area contributed by atoms with Gasteiger partial charge < -0.3 is 20.1 Å². The van der Waals surface area contributed by atoms with Crippen molar-refractivity contribution in [3.05, 3.63) is 68.1 Å². The number of methoxy groups -OCH3 is 1. The molecule has 14 heteroatoms. The van der Waals surface area contributed by atoms with Crippen LogP contribution in [0.15, 0.2) is 52.3 Å². The van der Waals surface area contributed by atoms with Crippen LogP contribution in [0.3, 0.4) is 0 Å². The molecule has 3 amide bonds. The van der Waals surface area contributed by atoms with Gasteiger partial charge in [-0.25, -0.2) is 0 Å². The minimum absolute atomic E-state index is 0.0296. The van der Waals surface area contributed by atoms with Crippen molar-refractivity contribution in [1.82, 2.24) is 9.88 Å². The number of alkyl halides is 3. The normalized spacial score (nSPS) is 29.3. The molecular formula is C30H26F3N3O6S2. The lowest BCUT2D eigenvalue weighted by Crippen LogP contribution is -2.46. The first-order chi connectivity index (χ1) is 20.9. The number of aromatic hydroxyl groups is 1. The van der Waals surface area contributed by atoms with Crippen molar-refractivity contribution in [2.75, 3.05) is 12.4 Å². The van der Waals surface area contributed by atoms with Gasteiger partial charge in [0.05, 0.1) is 29.5 Å². The van der Waals surface area contributed by atoms with E-state index in [9.17, 15) is 37.5 Å². The molecule has 9 nitrogen and oxygen atoms in total. The van der Waals surface area contributed by atoms with Gasteiger partial charge in [0.1, 0.15) is 6.04 Å². The number of fused-ring (bicyclic) bond motifs is 9. The molecule has 230 valence electrons. The fourth-order valence-corrected chi connectivity index (χ4v) is 10.7. The van der Waals surface area contributed by atoms with Gasteiger partial charge in [-0.1, -0.05) is 23.5 Å². The van der Waals surface area contributed by atoms with E-state index in [-0.39, 0.29) is 51.0 Å². The number of halogens is 3. The molecule has 2 saturated carbocycles. The van der Waals surface area contributed by atoms with Crippen molar-refractivity contribution >= 4 is 46.5 Å². The highest BCUT2D eigenvalue weighted by Gasteiger charge is 2.70. The first-order valence-electron chi connectivity index (χ1n) is 14.0. The third-order valence-corrected chi connectivity index (χ3v) is 12.1. The molecule has 3 aromatic rings. The second-order valence-electron chi connectivity index (χ2n) is 11.7. The second-order valence-corrected chi connectivity index (χ2v) is 13.9. The van der Waals surface area contributed by atoms with Crippen molar-refractivity contribution in [3.8, 4) is 11.5 Å². The highest BCUT2D eigenvalue weighted by molar-refractivity contribution is 8.00. The van der Waals surface area contributed by atoms with E-state index >= 15 is 0 Å². The Bertz CT molecular complexity index is 1770. The van der Waals surface area contributed by atoms with E-state index in [1.807, 2.05) is 0 Å². The van der Waals surface area contributed by atoms with Crippen LogP contribution in [0.2, 0.25) is 0 Å². The number of aromatic amines is 1. The standard InChI is InChI=1S/C30H26F3N3O6S2/c1-11(25(38)34-14-5-3-4-13(9-14)30(31,32)33)36-27(39)21-15-10-16(22(21)28(36)40)23-20(15)19(24-26(43-23)35-29(41)44-24)12-6-7-17(37)18(8-12)42-2/h3-9,11,15-16,19-23,37H,10H2,1-2H3,(H,34,38)(H,35,41). The maximum absolute atomic E-state index is 13.9. The van der Waals surface area contributed by atoms with E-state index in [0.29, 0.717) is 6.42 Å². The Hall–Kier alpha value is -3.78. The summed E-state index contributed by atoms with van der Waals surface area (Å²) < 4.78 is 44.9. The molecular weight excluding hydrogens is 619 g/mol. The molecule has 4 aliphatic rings. The van der Waals surface area contributed by atoms with Crippen LogP contribution < -0.4 is 14.9 Å². The highest BCUT2D eigenvalue weighted by Crippen LogP contribution is 2.68. The second kappa shape index (κ2) is 10.1. The zero-order chi connectivity index (χ0) is 31.2. The first-order valence-corrected chi connectivity index (χ1v) is 15.7. The fourth-order valence-electron chi connectivity index (χ4n) is 7.82. The summed E-state index contributed by atoms with van der Waals surface area (Å²) >= 11 is 2.62. The largest absolute Gasteiger partial charge is 0.504 e. The number of hydrogen-bond donors (Lipinski definition) is 3. The lowest BCUT2D eigenvalue weighted by molar-refractivity contribution is -0.146. The van der Waals surface area contributed by atoms with Crippen molar-refractivity contribution in [2.45, 2.75) is 41.8 Å². The van der Waals surface area contributed by atoms with E-state index < -0.39 is 47.3 Å². The number of anilines is 1. The highest BCUT2D eigenvalue weighted by atomic mass is 32.2. The predicted octanol–water partition coefficient (Wildman–Crippen LogP) is 4.67. The van der Waals surface area contributed by atoms with E-state index in [1.165, 1.54) is 44.0 Å². The topological polar surface area (TPSA) is 129 Å². The number of aromatic nitrogens is 1. The van der Waals surface area contributed by atoms with Gasteiger partial charge in [0.15, 0.2) is 11.5 Å². The van der Waals surface area contributed by atoms with Gasteiger partial charge in [-0.2, -0.15) is 13.2 Å². The molecule has 0 radical (unpaired) electrons. The molecule has 8 unspecified atom stereocenters. The number of phenols is 1. The summed E-state index contributed by atoms with van der Waals surface area (Å²) in [4.78, 5) is 57.9. The average molecular weight is 646 g/mol. The zero-order valence-corrected chi connectivity index (χ0v) is 24.9. The number of ether oxygens (including phenoxy) is 1. The van der Waals surface area contributed by atoms with Gasteiger partial charge in [0.2, 0.25) is 17.7 Å². The smallest absolute Gasteiger partial charge is 0.416 e. The molecule has 8 atom stereocenters. The SMILES string of the molecule is COc1cc(C2c3sc(=O)[nH]c3SC3C4CC(C5C(=O)N(C(C)C(=O)Nc6cccc(C(F)(F)F)c6)C(=O)C45)C23)ccc1O. The molecule has 0 spiro atoms. The molecule has 3 heterocycles. The van der Waals surface area contributed by atoms with E-state index in [4.69, 9.17) is 4.74 Å². The fraction of sp³-hybridized carbons (Fsp3) is 0.400. The first kappa shape index (κ1) is 29.0. The molecule has 44 heavy (non-hydrogen) atoms. The Morgan fingerprint density at radius 3 is 2.55 bits per heavy atom. The van der Waals surface area contributed by atoms with Crippen molar-refractivity contribution in [3.63, 3.8) is 0 Å². The molecule has 1 aromatic heterocycles. The minimum atomic E-state index is -4.60. The number of thiazole rings is 1. The number of benzene rings is 2. The quantitative estimate of drug-likeness (QED) is 0.344. The van der Waals surface area contributed by atoms with Crippen LogP contribution in [-0.4, -0.2) is 51.1 Å². The Morgan fingerprint density at radius 2 is 1.84 bits per heavy atom. The summed E-state index contributed by atoms with van der Waals surface area (Å²) in [5.74, 6) is -3.50. The number of carbonyl (C=O) groups excluding carboxylic acids is 3. The van der Waals surface area contributed by atoms with E-state index in [0.717, 1.165) is 43.8 Å². The van der Waals surface area contributed by atoms with Crippen LogP contribution in [0.5, 0.6) is 11.5 Å². The molecule has 3 N–H and O–H groups in total. The molecule has 1 saturated heterocycles. The Balaban J connectivity index is 1.19. The number of hydrogen-bond acceptors (Lipinski definition) is 8. The number of rotatable bonds is 5. The number of likely N-dealkylation sites (tertiary alicyclic amines) is 1. The molecule has 3 fully saturated rings. The third-order valence-electron chi connectivity index (χ3n) is 9.55. The summed E-state index contributed by atoms with van der Waals surface area (Å²) in [6.45, 7) is 1.40. The van der Waals surface area contributed by atoms with Crippen molar-refractivity contribution in [1.29, 1.82) is 0 Å². The molecule has 2 aliphatic heterocycles. The number of thioether (sulfide) groups is 1. The minimum Gasteiger partial charge on any atom is -0.504 e. The van der Waals surface area contributed by atoms with Crippen LogP contribution >= 0.6 is 23.1 Å². The van der Waals surface area contributed by atoms with Crippen LogP contribution in [0, 0.1) is 29.6 Å². The van der Waals surface area contributed by atoms with Crippen LogP contribution in [0.25, 0.3) is 0 Å². The lowest BCUT2D eigenvalue weighted by Gasteiger charge is -2.43. The molecule has 2 aliphatic carbocycles. The maximum atomic E-state index is 13.9. The molecule has 7 rings (SSSR count). The number of imide groups is 1.